The molecule has 0 spiro atoms. The lowest BCUT2D eigenvalue weighted by molar-refractivity contribution is -0.149. The van der Waals surface area contributed by atoms with Crippen LogP contribution in [0.25, 0.3) is 5.76 Å². The van der Waals surface area contributed by atoms with Gasteiger partial charge in [0.05, 0.1) is 26.7 Å². The molecule has 0 aliphatic carbocycles. The summed E-state index contributed by atoms with van der Waals surface area (Å²) in [6, 6.07) is 9.49. The van der Waals surface area contributed by atoms with E-state index in [4.69, 9.17) is 9.47 Å². The Morgan fingerprint density at radius 2 is 1.75 bits per heavy atom. The number of aromatic nitrogens is 2. The van der Waals surface area contributed by atoms with Crippen molar-refractivity contribution in [3.05, 3.63) is 59.7 Å². The Hall–Kier alpha value is -3.42. The molecule has 0 saturated carbocycles. The largest absolute Gasteiger partial charge is 0.491 e. The summed E-state index contributed by atoms with van der Waals surface area (Å²) in [4.78, 5) is 40.1. The number of hydrogen-bond acceptors (Lipinski definition) is 7. The van der Waals surface area contributed by atoms with Gasteiger partial charge in [0.25, 0.3) is 5.78 Å². The fraction of sp³-hybridized carbons (Fsp3) is 0.300. The van der Waals surface area contributed by atoms with Crippen molar-refractivity contribution < 1.29 is 28.6 Å². The van der Waals surface area contributed by atoms with Gasteiger partial charge in [0.1, 0.15) is 11.5 Å². The number of esters is 2. The van der Waals surface area contributed by atoms with Crippen LogP contribution in [0.2, 0.25) is 0 Å². The molecule has 0 unspecified atom stereocenters. The number of ether oxygens (including phenoxy) is 3. The predicted octanol–water partition coefficient (Wildman–Crippen LogP) is 2.23. The minimum absolute atomic E-state index is 0.00449. The molecule has 1 heterocycles. The number of methoxy groups -OCH3 is 1. The van der Waals surface area contributed by atoms with Gasteiger partial charge in [-0.3, -0.25) is 4.79 Å². The second kappa shape index (κ2) is 10.1. The van der Waals surface area contributed by atoms with Gasteiger partial charge in [-0.25, -0.2) is 14.6 Å². The van der Waals surface area contributed by atoms with Crippen molar-refractivity contribution in [2.45, 2.75) is 20.4 Å². The maximum atomic E-state index is 12.4. The molecule has 28 heavy (non-hydrogen) atoms. The third kappa shape index (κ3) is 5.06. The van der Waals surface area contributed by atoms with Crippen LogP contribution >= 0.6 is 0 Å². The first kappa shape index (κ1) is 20.9. The normalized spacial score (nSPS) is 11.0. The smallest absolute Gasteiger partial charge is 0.378 e. The maximum absolute atomic E-state index is 12.4. The molecule has 8 nitrogen and oxygen atoms in total. The molecule has 1 aromatic carbocycles. The van der Waals surface area contributed by atoms with Crippen LogP contribution in [0.15, 0.2) is 42.7 Å². The van der Waals surface area contributed by atoms with E-state index in [0.717, 1.165) is 18.7 Å². The van der Waals surface area contributed by atoms with E-state index in [-0.39, 0.29) is 30.4 Å². The van der Waals surface area contributed by atoms with Crippen molar-refractivity contribution in [3.8, 4) is 0 Å². The van der Waals surface area contributed by atoms with Crippen LogP contribution in [0.1, 0.15) is 35.6 Å². The van der Waals surface area contributed by atoms with Crippen LogP contribution in [0.3, 0.4) is 0 Å². The Bertz CT molecular complexity index is 870. The first-order valence-electron chi connectivity index (χ1n) is 8.75. The third-order valence-electron chi connectivity index (χ3n) is 3.68. The van der Waals surface area contributed by atoms with Gasteiger partial charge in [0.15, 0.2) is 5.69 Å². The molecule has 0 bridgehead atoms. The zero-order chi connectivity index (χ0) is 20.5. The van der Waals surface area contributed by atoms with E-state index in [2.05, 4.69) is 9.72 Å². The molecule has 2 rings (SSSR count). The highest BCUT2D eigenvalue weighted by atomic mass is 16.5. The Labute approximate surface area is 162 Å². The van der Waals surface area contributed by atoms with E-state index in [1.807, 2.05) is 30.3 Å². The molecule has 0 fully saturated rings. The van der Waals surface area contributed by atoms with Gasteiger partial charge in [0, 0.05) is 12.6 Å². The first-order valence-corrected chi connectivity index (χ1v) is 8.75. The van der Waals surface area contributed by atoms with Gasteiger partial charge in [-0.05, 0) is 19.4 Å². The van der Waals surface area contributed by atoms with Crippen LogP contribution in [0, 0.1) is 0 Å². The average Bonchev–Trinajstić information content (AvgIpc) is 3.11. The lowest BCUT2D eigenvalue weighted by Gasteiger charge is -2.14. The van der Waals surface area contributed by atoms with Crippen molar-refractivity contribution in [1.82, 2.24) is 9.55 Å². The molecule has 8 heteroatoms. The quantitative estimate of drug-likeness (QED) is 0.282. The highest BCUT2D eigenvalue weighted by Gasteiger charge is 2.25. The van der Waals surface area contributed by atoms with Crippen molar-refractivity contribution in [2.75, 3.05) is 20.3 Å². The fourth-order valence-corrected chi connectivity index (χ4v) is 2.50. The fourth-order valence-electron chi connectivity index (χ4n) is 2.50. The van der Waals surface area contributed by atoms with E-state index in [9.17, 15) is 14.4 Å². The van der Waals surface area contributed by atoms with E-state index in [1.54, 1.807) is 18.4 Å². The number of ketones is 1. The number of carbonyl (C=O) groups is 3. The summed E-state index contributed by atoms with van der Waals surface area (Å²) < 4.78 is 16.7. The maximum Gasteiger partial charge on any atom is 0.378 e. The Balaban J connectivity index is 2.55. The number of rotatable bonds is 9. The Kier molecular flexibility index (Phi) is 7.50. The monoisotopic (exact) mass is 386 g/mol. The SMILES string of the molecule is CCOC(=O)c1ncn(Cc2ccccc2)c1/C(=C/C(=O)C(=O)OC)OCC. The van der Waals surface area contributed by atoms with Crippen LogP contribution in [0.4, 0.5) is 0 Å². The van der Waals surface area contributed by atoms with Crippen LogP contribution in [-0.4, -0.2) is 47.6 Å². The molecule has 0 radical (unpaired) electrons. The van der Waals surface area contributed by atoms with Gasteiger partial charge in [-0.15, -0.1) is 0 Å². The predicted molar refractivity (Wildman–Crippen MR) is 100 cm³/mol. The standard InChI is InChI=1S/C20H22N2O6/c1-4-27-16(11-15(23)19(24)26-3)18-17(20(25)28-5-2)21-13-22(18)12-14-9-7-6-8-10-14/h6-11,13H,4-5,12H2,1-3H3/b16-11-. The molecule has 0 saturated heterocycles. The van der Waals surface area contributed by atoms with Gasteiger partial charge in [-0.1, -0.05) is 30.3 Å². The summed E-state index contributed by atoms with van der Waals surface area (Å²) in [5.41, 5.74) is 1.20. The zero-order valence-corrected chi connectivity index (χ0v) is 16.0. The van der Waals surface area contributed by atoms with Crippen molar-refractivity contribution in [1.29, 1.82) is 0 Å². The molecule has 2 aromatic rings. The molecule has 0 amide bonds. The minimum Gasteiger partial charge on any atom is -0.491 e. The van der Waals surface area contributed by atoms with Gasteiger partial charge in [0.2, 0.25) is 0 Å². The number of hydrogen-bond donors (Lipinski definition) is 0. The zero-order valence-electron chi connectivity index (χ0n) is 16.0. The van der Waals surface area contributed by atoms with Gasteiger partial charge < -0.3 is 18.8 Å². The molecule has 1 aromatic heterocycles. The van der Waals surface area contributed by atoms with Crippen LogP contribution in [0.5, 0.6) is 0 Å². The number of nitrogens with zero attached hydrogens (tertiary/aromatic N) is 2. The van der Waals surface area contributed by atoms with Gasteiger partial charge >= 0.3 is 11.9 Å². The topological polar surface area (TPSA) is 96.7 Å². The molecule has 0 aliphatic heterocycles. The Morgan fingerprint density at radius 1 is 1.07 bits per heavy atom. The summed E-state index contributed by atoms with van der Waals surface area (Å²) in [5, 5.41) is 0. The highest BCUT2D eigenvalue weighted by molar-refractivity contribution is 6.39. The molecular formula is C20H22N2O6. The number of benzene rings is 1. The average molecular weight is 386 g/mol. The van der Waals surface area contributed by atoms with Crippen LogP contribution in [-0.2, 0) is 30.3 Å². The lowest BCUT2D eigenvalue weighted by atomic mass is 10.2. The van der Waals surface area contributed by atoms with Crippen molar-refractivity contribution in [3.63, 3.8) is 0 Å². The second-order valence-electron chi connectivity index (χ2n) is 5.57. The van der Waals surface area contributed by atoms with E-state index < -0.39 is 17.7 Å². The summed E-state index contributed by atoms with van der Waals surface area (Å²) in [5.74, 6) is -2.56. The number of carbonyl (C=O) groups excluding carboxylic acids is 3. The second-order valence-corrected chi connectivity index (χ2v) is 5.57. The van der Waals surface area contributed by atoms with Crippen LogP contribution < -0.4 is 0 Å². The van der Waals surface area contributed by atoms with Crippen molar-refractivity contribution in [2.24, 2.45) is 0 Å². The summed E-state index contributed by atoms with van der Waals surface area (Å²) in [6.45, 7) is 4.15. The first-order chi connectivity index (χ1) is 13.5. The van der Waals surface area contributed by atoms with Crippen molar-refractivity contribution >= 4 is 23.5 Å². The summed E-state index contributed by atoms with van der Waals surface area (Å²) in [6.07, 6.45) is 2.46. The summed E-state index contributed by atoms with van der Waals surface area (Å²) >= 11 is 0. The molecule has 148 valence electrons. The molecular weight excluding hydrogens is 364 g/mol. The molecule has 0 aliphatic rings. The number of imidazole rings is 1. The van der Waals surface area contributed by atoms with Gasteiger partial charge in [-0.2, -0.15) is 0 Å². The third-order valence-corrected chi connectivity index (χ3v) is 3.68. The lowest BCUT2D eigenvalue weighted by Crippen LogP contribution is -2.16. The van der Waals surface area contributed by atoms with E-state index in [0.29, 0.717) is 6.54 Å². The highest BCUT2D eigenvalue weighted by Crippen LogP contribution is 2.23. The summed E-state index contributed by atoms with van der Waals surface area (Å²) in [7, 11) is 1.11. The van der Waals surface area contributed by atoms with E-state index in [1.165, 1.54) is 6.33 Å². The Morgan fingerprint density at radius 3 is 2.36 bits per heavy atom. The van der Waals surface area contributed by atoms with E-state index >= 15 is 0 Å². The minimum atomic E-state index is -1.04. The molecule has 0 N–H and O–H groups in total. The molecule has 0 atom stereocenters.